The zero-order chi connectivity index (χ0) is 19.3. The predicted molar refractivity (Wildman–Crippen MR) is 108 cm³/mol. The Kier molecular flexibility index (Phi) is 9.69. The van der Waals surface area contributed by atoms with Crippen LogP contribution in [0.3, 0.4) is 0 Å². The van der Waals surface area contributed by atoms with Crippen LogP contribution in [0.25, 0.3) is 0 Å². The lowest BCUT2D eigenvalue weighted by Crippen LogP contribution is -2.47. The van der Waals surface area contributed by atoms with E-state index in [1.54, 1.807) is 7.05 Å². The molecule has 0 aromatic heterocycles. The van der Waals surface area contributed by atoms with Crippen LogP contribution in [0.5, 0.6) is 0 Å². The Hall–Kier alpha value is -2.08. The molecule has 0 atom stereocenters. The molecule has 6 nitrogen and oxygen atoms in total. The number of esters is 1. The van der Waals surface area contributed by atoms with Crippen molar-refractivity contribution in [2.75, 3.05) is 46.5 Å². The maximum atomic E-state index is 11.8. The van der Waals surface area contributed by atoms with Crippen molar-refractivity contribution < 1.29 is 14.3 Å². The summed E-state index contributed by atoms with van der Waals surface area (Å²) in [5.41, 5.74) is 1.31. The highest BCUT2D eigenvalue weighted by Gasteiger charge is 2.27. The van der Waals surface area contributed by atoms with E-state index in [0.717, 1.165) is 64.5 Å². The normalized spacial score (nSPS) is 15.6. The highest BCUT2D eigenvalue weighted by Crippen LogP contribution is 2.18. The van der Waals surface area contributed by atoms with Crippen LogP contribution < -0.4 is 5.32 Å². The zero-order valence-corrected chi connectivity index (χ0v) is 16.7. The summed E-state index contributed by atoms with van der Waals surface area (Å²) in [4.78, 5) is 18.4. The van der Waals surface area contributed by atoms with Gasteiger partial charge < -0.3 is 19.7 Å². The van der Waals surface area contributed by atoms with E-state index in [2.05, 4.69) is 39.5 Å². The van der Waals surface area contributed by atoms with Crippen molar-refractivity contribution in [1.82, 2.24) is 10.2 Å². The third-order valence-corrected chi connectivity index (χ3v) is 4.75. The summed E-state index contributed by atoms with van der Waals surface area (Å²) in [5.74, 6) is 0.867. The maximum Gasteiger partial charge on any atom is 0.309 e. The molecule has 1 heterocycles. The summed E-state index contributed by atoms with van der Waals surface area (Å²) in [5, 5.41) is 3.40. The Bertz CT molecular complexity index is 569. The molecule has 1 saturated heterocycles. The molecular formula is C21H33N3O3. The molecule has 6 heteroatoms. The average Bonchev–Trinajstić information content (AvgIpc) is 2.71. The van der Waals surface area contributed by atoms with Gasteiger partial charge in [0.25, 0.3) is 0 Å². The van der Waals surface area contributed by atoms with E-state index in [-0.39, 0.29) is 11.9 Å². The first-order chi connectivity index (χ1) is 13.2. The second kappa shape index (κ2) is 12.3. The van der Waals surface area contributed by atoms with E-state index >= 15 is 0 Å². The van der Waals surface area contributed by atoms with Crippen molar-refractivity contribution in [3.05, 3.63) is 35.9 Å². The van der Waals surface area contributed by atoms with E-state index in [0.29, 0.717) is 6.61 Å². The molecule has 0 spiro atoms. The number of carbonyl (C=O) groups excluding carboxylic acids is 1. The van der Waals surface area contributed by atoms with Gasteiger partial charge in [-0.15, -0.1) is 0 Å². The summed E-state index contributed by atoms with van der Waals surface area (Å²) >= 11 is 0. The Morgan fingerprint density at radius 1 is 1.22 bits per heavy atom. The summed E-state index contributed by atoms with van der Waals surface area (Å²) < 4.78 is 10.8. The SMILES string of the molecule is CCOC(=O)C1CCN(C(=NC)NCCCOCCc2ccccc2)CC1. The fourth-order valence-corrected chi connectivity index (χ4v) is 3.23. The molecular weight excluding hydrogens is 342 g/mol. The highest BCUT2D eigenvalue weighted by molar-refractivity contribution is 5.80. The van der Waals surface area contributed by atoms with Gasteiger partial charge in [0.2, 0.25) is 0 Å². The molecule has 0 aliphatic carbocycles. The number of carbonyl (C=O) groups is 1. The third kappa shape index (κ3) is 7.59. The Morgan fingerprint density at radius 2 is 1.96 bits per heavy atom. The van der Waals surface area contributed by atoms with Crippen molar-refractivity contribution >= 4 is 11.9 Å². The fraction of sp³-hybridized carbons (Fsp3) is 0.619. The maximum absolute atomic E-state index is 11.8. The van der Waals surface area contributed by atoms with Crippen molar-refractivity contribution in [2.24, 2.45) is 10.9 Å². The number of hydrogen-bond donors (Lipinski definition) is 1. The lowest BCUT2D eigenvalue weighted by molar-refractivity contribution is -0.149. The third-order valence-electron chi connectivity index (χ3n) is 4.75. The first-order valence-electron chi connectivity index (χ1n) is 9.98. The molecule has 150 valence electrons. The van der Waals surface area contributed by atoms with Gasteiger partial charge in [0.15, 0.2) is 5.96 Å². The quantitative estimate of drug-likeness (QED) is 0.311. The van der Waals surface area contributed by atoms with Gasteiger partial charge in [-0.05, 0) is 38.2 Å². The topological polar surface area (TPSA) is 63.2 Å². The van der Waals surface area contributed by atoms with Crippen LogP contribution in [0.4, 0.5) is 0 Å². The van der Waals surface area contributed by atoms with E-state index in [4.69, 9.17) is 9.47 Å². The van der Waals surface area contributed by atoms with Crippen LogP contribution in [0, 0.1) is 5.92 Å². The van der Waals surface area contributed by atoms with Gasteiger partial charge in [0.05, 0.1) is 19.1 Å². The van der Waals surface area contributed by atoms with Gasteiger partial charge in [-0.2, -0.15) is 0 Å². The van der Waals surface area contributed by atoms with Crippen molar-refractivity contribution in [1.29, 1.82) is 0 Å². The number of hydrogen-bond acceptors (Lipinski definition) is 4. The minimum Gasteiger partial charge on any atom is -0.466 e. The Morgan fingerprint density at radius 3 is 2.63 bits per heavy atom. The standard InChI is InChI=1S/C21H33N3O3/c1-3-27-20(25)19-10-14-24(15-11-19)21(22-2)23-13-7-16-26-17-12-18-8-5-4-6-9-18/h4-6,8-9,19H,3,7,10-17H2,1-2H3,(H,22,23). The number of rotatable bonds is 9. The number of guanidine groups is 1. The van der Waals surface area contributed by atoms with Gasteiger partial charge in [0, 0.05) is 33.3 Å². The molecule has 1 aromatic carbocycles. The molecule has 0 amide bonds. The molecule has 0 radical (unpaired) electrons. The second-order valence-electron chi connectivity index (χ2n) is 6.69. The molecule has 0 unspecified atom stereocenters. The minimum atomic E-state index is -0.0623. The van der Waals surface area contributed by atoms with E-state index < -0.39 is 0 Å². The van der Waals surface area contributed by atoms with Crippen molar-refractivity contribution in [3.8, 4) is 0 Å². The summed E-state index contributed by atoms with van der Waals surface area (Å²) in [6.07, 6.45) is 3.53. The van der Waals surface area contributed by atoms with Crippen molar-refractivity contribution in [3.63, 3.8) is 0 Å². The molecule has 1 aliphatic heterocycles. The van der Waals surface area contributed by atoms with Crippen molar-refractivity contribution in [2.45, 2.75) is 32.6 Å². The summed E-state index contributed by atoms with van der Waals surface area (Å²) in [6.45, 7) is 6.28. The fourth-order valence-electron chi connectivity index (χ4n) is 3.23. The molecule has 0 saturated carbocycles. The average molecular weight is 376 g/mol. The summed E-state index contributed by atoms with van der Waals surface area (Å²) in [7, 11) is 1.80. The number of piperidine rings is 1. The van der Waals surface area contributed by atoms with Gasteiger partial charge >= 0.3 is 5.97 Å². The molecule has 27 heavy (non-hydrogen) atoms. The van der Waals surface area contributed by atoms with E-state index in [1.165, 1.54) is 5.56 Å². The Labute approximate surface area is 162 Å². The smallest absolute Gasteiger partial charge is 0.309 e. The number of nitrogens with zero attached hydrogens (tertiary/aromatic N) is 2. The van der Waals surface area contributed by atoms with Crippen LogP contribution in [-0.4, -0.2) is 63.3 Å². The highest BCUT2D eigenvalue weighted by atomic mass is 16.5. The molecule has 1 fully saturated rings. The van der Waals surface area contributed by atoms with E-state index in [1.807, 2.05) is 13.0 Å². The number of likely N-dealkylation sites (tertiary alicyclic amines) is 1. The zero-order valence-electron chi connectivity index (χ0n) is 16.7. The lowest BCUT2D eigenvalue weighted by atomic mass is 9.97. The monoisotopic (exact) mass is 375 g/mol. The second-order valence-corrected chi connectivity index (χ2v) is 6.69. The molecule has 2 rings (SSSR count). The van der Waals surface area contributed by atoms with Gasteiger partial charge in [-0.1, -0.05) is 30.3 Å². The first-order valence-corrected chi connectivity index (χ1v) is 9.98. The minimum absolute atomic E-state index is 0.0253. The molecule has 1 aromatic rings. The lowest BCUT2D eigenvalue weighted by Gasteiger charge is -2.33. The van der Waals surface area contributed by atoms with Gasteiger partial charge in [-0.3, -0.25) is 9.79 Å². The molecule has 1 aliphatic rings. The Balaban J connectivity index is 1.56. The number of aliphatic imine (C=N–C) groups is 1. The number of nitrogens with one attached hydrogen (secondary N) is 1. The largest absolute Gasteiger partial charge is 0.466 e. The van der Waals surface area contributed by atoms with Crippen LogP contribution in [-0.2, 0) is 20.7 Å². The van der Waals surface area contributed by atoms with Gasteiger partial charge in [-0.25, -0.2) is 0 Å². The molecule has 1 N–H and O–H groups in total. The van der Waals surface area contributed by atoms with Crippen LogP contribution in [0.1, 0.15) is 31.7 Å². The van der Waals surface area contributed by atoms with Crippen LogP contribution in [0.2, 0.25) is 0 Å². The summed E-state index contributed by atoms with van der Waals surface area (Å²) in [6, 6.07) is 10.4. The van der Waals surface area contributed by atoms with Crippen LogP contribution in [0.15, 0.2) is 35.3 Å². The first kappa shape index (κ1) is 21.2. The molecule has 0 bridgehead atoms. The number of ether oxygens (including phenoxy) is 2. The van der Waals surface area contributed by atoms with Gasteiger partial charge in [0.1, 0.15) is 0 Å². The predicted octanol–water partition coefficient (Wildman–Crippen LogP) is 2.49. The van der Waals surface area contributed by atoms with E-state index in [9.17, 15) is 4.79 Å². The van der Waals surface area contributed by atoms with Crippen LogP contribution >= 0.6 is 0 Å². The number of benzene rings is 1.